The number of nitrogens with one attached hydrogen (secondary N) is 1. The van der Waals surface area contributed by atoms with Crippen LogP contribution in [0.15, 0.2) is 18.2 Å². The summed E-state index contributed by atoms with van der Waals surface area (Å²) in [4.78, 5) is 21.6. The minimum Gasteiger partial charge on any atom is -0.383 e. The molecule has 3 aromatic heterocycles. The van der Waals surface area contributed by atoms with E-state index in [4.69, 9.17) is 17.3 Å². The molecule has 1 atom stereocenters. The monoisotopic (exact) mass is 558 g/mol. The van der Waals surface area contributed by atoms with Gasteiger partial charge in [0.25, 0.3) is 5.95 Å². The highest BCUT2D eigenvalue weighted by Crippen LogP contribution is 2.45. The van der Waals surface area contributed by atoms with Crippen LogP contribution < -0.4 is 11.1 Å². The van der Waals surface area contributed by atoms with Crippen LogP contribution >= 0.6 is 22.9 Å². The van der Waals surface area contributed by atoms with Crippen molar-refractivity contribution in [1.29, 1.82) is 0 Å². The fourth-order valence-corrected chi connectivity index (χ4v) is 5.11. The van der Waals surface area contributed by atoms with Gasteiger partial charge in [0.1, 0.15) is 27.1 Å². The van der Waals surface area contributed by atoms with E-state index in [9.17, 15) is 26.7 Å². The number of nitrogens with zero attached hydrogens (tertiary/aromatic N) is 6. The van der Waals surface area contributed by atoms with Gasteiger partial charge >= 0.3 is 12.1 Å². The molecule has 0 saturated carbocycles. The predicted molar refractivity (Wildman–Crippen MR) is 125 cm³/mol. The number of rotatable bonds is 5. The number of alkyl halides is 5. The van der Waals surface area contributed by atoms with Crippen molar-refractivity contribution in [1.82, 2.24) is 29.9 Å². The molecule has 1 aromatic carbocycles. The Morgan fingerprint density at radius 1 is 1.19 bits per heavy atom. The SMILES string of the molecule is Cc1nnc(C2(C)C(=O)Nc3nc(-n4nc(CCC(F)(F)C(F)(F)F)c5cc(Cl)ccc54)nc(N)c32)s1. The Hall–Kier alpha value is -3.46. The summed E-state index contributed by atoms with van der Waals surface area (Å²) < 4.78 is 66.5. The summed E-state index contributed by atoms with van der Waals surface area (Å²) in [5.41, 5.74) is 5.45. The molecule has 4 heterocycles. The van der Waals surface area contributed by atoms with E-state index < -0.39 is 36.3 Å². The van der Waals surface area contributed by atoms with Gasteiger partial charge < -0.3 is 11.1 Å². The Balaban J connectivity index is 1.60. The molecule has 0 aliphatic carbocycles. The van der Waals surface area contributed by atoms with Crippen molar-refractivity contribution in [3.63, 3.8) is 0 Å². The molecule has 1 unspecified atom stereocenters. The Morgan fingerprint density at radius 3 is 2.57 bits per heavy atom. The molecule has 1 amide bonds. The third-order valence-corrected chi connectivity index (χ3v) is 7.36. The van der Waals surface area contributed by atoms with E-state index in [0.717, 1.165) is 4.68 Å². The summed E-state index contributed by atoms with van der Waals surface area (Å²) in [6, 6.07) is 4.38. The number of aromatic nitrogens is 6. The largest absolute Gasteiger partial charge is 0.453 e. The standard InChI is InChI=1S/C21H16ClF5N8OS/c1-8-32-33-17(37-8)19(2)13-14(28)29-18(31-15(13)30-16(19)36)35-12-4-3-9(22)7-10(12)11(34-35)5-6-20(23,24)21(25,26)27/h3-4,7H,5-6H2,1-2H3,(H3,28,29,30,31,36). The molecule has 3 N–H and O–H groups in total. The lowest BCUT2D eigenvalue weighted by Gasteiger charge is -2.19. The smallest absolute Gasteiger partial charge is 0.383 e. The second kappa shape index (κ2) is 8.28. The Labute approximate surface area is 213 Å². The molecule has 37 heavy (non-hydrogen) atoms. The number of nitrogens with two attached hydrogens (primary N) is 1. The molecule has 1 aliphatic rings. The lowest BCUT2D eigenvalue weighted by Crippen LogP contribution is -2.36. The molecule has 194 valence electrons. The Morgan fingerprint density at radius 2 is 1.92 bits per heavy atom. The lowest BCUT2D eigenvalue weighted by atomic mass is 9.85. The summed E-state index contributed by atoms with van der Waals surface area (Å²) in [6.07, 6.45) is -7.92. The maximum absolute atomic E-state index is 13.6. The minimum absolute atomic E-state index is 0.0673. The van der Waals surface area contributed by atoms with E-state index >= 15 is 0 Å². The van der Waals surface area contributed by atoms with Gasteiger partial charge in [0, 0.05) is 16.8 Å². The third-order valence-electron chi connectivity index (χ3n) is 6.06. The molecular weight excluding hydrogens is 543 g/mol. The highest BCUT2D eigenvalue weighted by Gasteiger charge is 2.56. The van der Waals surface area contributed by atoms with Crippen LogP contribution in [0.3, 0.4) is 0 Å². The lowest BCUT2D eigenvalue weighted by molar-refractivity contribution is -0.284. The number of carbonyl (C=O) groups excluding carboxylic acids is 1. The van der Waals surface area contributed by atoms with Crippen molar-refractivity contribution in [3.05, 3.63) is 44.5 Å². The van der Waals surface area contributed by atoms with E-state index in [-0.39, 0.29) is 39.3 Å². The summed E-state index contributed by atoms with van der Waals surface area (Å²) in [7, 11) is 0. The van der Waals surface area contributed by atoms with Crippen LogP contribution in [0.2, 0.25) is 5.02 Å². The zero-order valence-corrected chi connectivity index (χ0v) is 20.6. The average Bonchev–Trinajstić information content (AvgIpc) is 3.46. The molecule has 1 aliphatic heterocycles. The predicted octanol–water partition coefficient (Wildman–Crippen LogP) is 4.60. The van der Waals surface area contributed by atoms with E-state index in [1.54, 1.807) is 13.8 Å². The second-order valence-electron chi connectivity index (χ2n) is 8.56. The van der Waals surface area contributed by atoms with Crippen molar-refractivity contribution >= 4 is 51.4 Å². The summed E-state index contributed by atoms with van der Waals surface area (Å²) in [6.45, 7) is 3.34. The zero-order chi connectivity index (χ0) is 26.9. The Bertz CT molecular complexity index is 1570. The number of nitrogen functional groups attached to an aromatic ring is 1. The molecular formula is C21H16ClF5N8OS. The van der Waals surface area contributed by atoms with Crippen LogP contribution in [0.4, 0.5) is 33.6 Å². The number of aryl methyl sites for hydroxylation is 2. The van der Waals surface area contributed by atoms with Gasteiger partial charge in [-0.3, -0.25) is 4.79 Å². The van der Waals surface area contributed by atoms with E-state index in [0.29, 0.717) is 15.5 Å². The highest BCUT2D eigenvalue weighted by atomic mass is 35.5. The first-order valence-corrected chi connectivity index (χ1v) is 11.8. The van der Waals surface area contributed by atoms with Crippen molar-refractivity contribution in [2.24, 2.45) is 0 Å². The molecule has 0 fully saturated rings. The number of carbonyl (C=O) groups is 1. The Kier molecular flexibility index (Phi) is 5.64. The summed E-state index contributed by atoms with van der Waals surface area (Å²) >= 11 is 7.25. The third kappa shape index (κ3) is 3.96. The zero-order valence-electron chi connectivity index (χ0n) is 19.0. The maximum atomic E-state index is 13.6. The molecule has 16 heteroatoms. The van der Waals surface area contributed by atoms with Crippen LogP contribution in [0.5, 0.6) is 0 Å². The summed E-state index contributed by atoms with van der Waals surface area (Å²) in [5, 5.41) is 16.4. The molecule has 9 nitrogen and oxygen atoms in total. The fourth-order valence-electron chi connectivity index (χ4n) is 4.10. The van der Waals surface area contributed by atoms with Gasteiger partial charge in [0.05, 0.1) is 16.8 Å². The molecule has 0 saturated heterocycles. The van der Waals surface area contributed by atoms with E-state index in [2.05, 4.69) is 30.6 Å². The van der Waals surface area contributed by atoms with Crippen LogP contribution in [-0.4, -0.2) is 48.0 Å². The molecule has 5 rings (SSSR count). The second-order valence-corrected chi connectivity index (χ2v) is 10.2. The van der Waals surface area contributed by atoms with Crippen LogP contribution in [0.1, 0.15) is 34.6 Å². The fraction of sp³-hybridized carbons (Fsp3) is 0.333. The van der Waals surface area contributed by atoms with Crippen LogP contribution in [0.25, 0.3) is 16.9 Å². The van der Waals surface area contributed by atoms with Gasteiger partial charge in [0.2, 0.25) is 5.91 Å². The molecule has 0 spiro atoms. The normalized spacial score (nSPS) is 17.9. The molecule has 0 bridgehead atoms. The maximum Gasteiger partial charge on any atom is 0.453 e. The van der Waals surface area contributed by atoms with E-state index in [1.165, 1.54) is 29.5 Å². The van der Waals surface area contributed by atoms with Gasteiger partial charge in [-0.2, -0.15) is 41.7 Å². The van der Waals surface area contributed by atoms with Crippen molar-refractivity contribution in [2.75, 3.05) is 11.1 Å². The van der Waals surface area contributed by atoms with Crippen LogP contribution in [0, 0.1) is 6.92 Å². The number of hydrogen-bond acceptors (Lipinski definition) is 8. The van der Waals surface area contributed by atoms with Gasteiger partial charge in [-0.05, 0) is 38.5 Å². The van der Waals surface area contributed by atoms with Gasteiger partial charge in [-0.1, -0.05) is 11.6 Å². The molecule has 4 aromatic rings. The van der Waals surface area contributed by atoms with Crippen molar-refractivity contribution in [2.45, 2.75) is 44.2 Å². The number of hydrogen-bond donors (Lipinski definition) is 2. The topological polar surface area (TPSA) is 125 Å². The number of fused-ring (bicyclic) bond motifs is 2. The highest BCUT2D eigenvalue weighted by molar-refractivity contribution is 7.11. The van der Waals surface area contributed by atoms with E-state index in [1.807, 2.05) is 0 Å². The number of anilines is 2. The van der Waals surface area contributed by atoms with Gasteiger partial charge in [-0.25, -0.2) is 0 Å². The molecule has 0 radical (unpaired) electrons. The van der Waals surface area contributed by atoms with Gasteiger partial charge in [-0.15, -0.1) is 21.5 Å². The van der Waals surface area contributed by atoms with Crippen molar-refractivity contribution in [3.8, 4) is 5.95 Å². The minimum atomic E-state index is -5.70. The number of benzene rings is 1. The number of halogens is 6. The van der Waals surface area contributed by atoms with Gasteiger partial charge in [0.15, 0.2) is 0 Å². The number of amides is 1. The average molecular weight is 559 g/mol. The first-order chi connectivity index (χ1) is 17.2. The summed E-state index contributed by atoms with van der Waals surface area (Å²) in [5.74, 6) is -5.48. The first-order valence-electron chi connectivity index (χ1n) is 10.6. The van der Waals surface area contributed by atoms with Crippen LogP contribution in [-0.2, 0) is 16.6 Å². The first kappa shape index (κ1) is 25.2. The quantitative estimate of drug-likeness (QED) is 0.343. The van der Waals surface area contributed by atoms with Crippen molar-refractivity contribution < 1.29 is 26.7 Å².